The van der Waals surface area contributed by atoms with Crippen LogP contribution in [0, 0.1) is 0 Å². The molecule has 2 aliphatic rings. The predicted molar refractivity (Wildman–Crippen MR) is 174 cm³/mol. The lowest BCUT2D eigenvalue weighted by Crippen LogP contribution is -2.06. The summed E-state index contributed by atoms with van der Waals surface area (Å²) in [7, 11) is 5.48. The average Bonchev–Trinajstić information content (AvgIpc) is 3.95. The van der Waals surface area contributed by atoms with Crippen molar-refractivity contribution in [3.05, 3.63) is 83.2 Å². The summed E-state index contributed by atoms with van der Waals surface area (Å²) in [5.74, 6) is 1.80. The van der Waals surface area contributed by atoms with Crippen LogP contribution in [-0.2, 0) is 18.8 Å². The zero-order valence-electron chi connectivity index (χ0n) is 25.1. The Kier molecular flexibility index (Phi) is 7.64. The fourth-order valence-electron chi connectivity index (χ4n) is 5.42. The van der Waals surface area contributed by atoms with Crippen LogP contribution < -0.4 is 22.9 Å². The fourth-order valence-corrected chi connectivity index (χ4v) is 5.42. The number of aromatic nitrogens is 5. The van der Waals surface area contributed by atoms with Gasteiger partial charge in [0.25, 0.3) is 0 Å². The van der Waals surface area contributed by atoms with Crippen molar-refractivity contribution in [3.63, 3.8) is 0 Å². The number of allylic oxidation sites excluding steroid dienone is 2. The molecule has 12 nitrogen and oxygen atoms in total. The molecule has 0 saturated heterocycles. The van der Waals surface area contributed by atoms with E-state index in [-0.39, 0.29) is 5.88 Å². The van der Waals surface area contributed by atoms with Gasteiger partial charge >= 0.3 is 0 Å². The summed E-state index contributed by atoms with van der Waals surface area (Å²) in [6.45, 7) is 0. The minimum absolute atomic E-state index is 0.0823. The Morgan fingerprint density at radius 2 is 1.82 bits per heavy atom. The Balaban J connectivity index is 1.47. The van der Waals surface area contributed by atoms with Gasteiger partial charge in [-0.2, -0.15) is 5.10 Å². The second-order valence-electron chi connectivity index (χ2n) is 11.1. The number of rotatable bonds is 10. The van der Waals surface area contributed by atoms with Crippen LogP contribution in [0.2, 0.25) is 0 Å². The Bertz CT molecular complexity index is 1880. The molecule has 0 atom stereocenters. The first-order valence-electron chi connectivity index (χ1n) is 14.5. The van der Waals surface area contributed by atoms with E-state index in [1.807, 2.05) is 36.1 Å². The molecule has 2 saturated carbocycles. The van der Waals surface area contributed by atoms with E-state index in [2.05, 4.69) is 32.8 Å². The number of nitrogen functional groups attached to an aromatic ring is 1. The number of hydrogen-bond acceptors (Lipinski definition) is 10. The summed E-state index contributed by atoms with van der Waals surface area (Å²) in [6, 6.07) is 7.99. The highest BCUT2D eigenvalue weighted by atomic mass is 16.5. The number of ether oxygens (including phenoxy) is 1. The molecule has 3 aromatic heterocycles. The molecule has 0 radical (unpaired) electrons. The van der Waals surface area contributed by atoms with Gasteiger partial charge in [0.05, 0.1) is 30.4 Å². The molecule has 3 heterocycles. The van der Waals surface area contributed by atoms with Gasteiger partial charge in [0, 0.05) is 78.0 Å². The number of methoxy groups -OCH3 is 1. The van der Waals surface area contributed by atoms with Crippen molar-refractivity contribution in [2.75, 3.05) is 12.8 Å². The largest absolute Gasteiger partial charge is 0.481 e. The molecule has 1 aromatic carbocycles. The quantitative estimate of drug-likeness (QED) is 0.0924. The molecular weight excluding hydrogens is 554 g/mol. The van der Waals surface area contributed by atoms with Crippen molar-refractivity contribution in [1.29, 1.82) is 0 Å². The van der Waals surface area contributed by atoms with Crippen molar-refractivity contribution in [1.82, 2.24) is 24.3 Å². The third-order valence-corrected chi connectivity index (χ3v) is 7.92. The number of nitrogens with two attached hydrogens (primary N) is 4. The van der Waals surface area contributed by atoms with Crippen LogP contribution in [0.3, 0.4) is 0 Å². The van der Waals surface area contributed by atoms with Crippen molar-refractivity contribution in [2.24, 2.45) is 41.3 Å². The molecule has 8 N–H and O–H groups in total. The lowest BCUT2D eigenvalue weighted by atomic mass is 10.0. The normalized spacial score (nSPS) is 16.6. The van der Waals surface area contributed by atoms with Crippen LogP contribution in [-0.4, -0.2) is 43.9 Å². The number of anilines is 1. The number of hydrogen-bond donors (Lipinski definition) is 4. The lowest BCUT2D eigenvalue weighted by Gasteiger charge is -2.11. The first kappa shape index (κ1) is 28.7. The third-order valence-electron chi connectivity index (χ3n) is 7.92. The Labute approximate surface area is 255 Å². The van der Waals surface area contributed by atoms with E-state index in [0.717, 1.165) is 65.1 Å². The maximum absolute atomic E-state index is 6.57. The molecule has 0 amide bonds. The number of aliphatic imine (C=N–C) groups is 2. The molecule has 12 heteroatoms. The number of imidazole rings is 1. The van der Waals surface area contributed by atoms with Gasteiger partial charge in [0.15, 0.2) is 5.65 Å². The van der Waals surface area contributed by atoms with Gasteiger partial charge in [-0.15, -0.1) is 0 Å². The number of pyridine rings is 1. The summed E-state index contributed by atoms with van der Waals surface area (Å²) in [4.78, 5) is 19.3. The molecule has 4 aromatic rings. The van der Waals surface area contributed by atoms with Crippen LogP contribution in [0.25, 0.3) is 33.7 Å². The molecule has 226 valence electrons. The molecule has 6 rings (SSSR count). The highest BCUT2D eigenvalue weighted by Gasteiger charge is 2.35. The number of aryl methyl sites for hydroxylation is 1. The van der Waals surface area contributed by atoms with Crippen LogP contribution >= 0.6 is 0 Å². The van der Waals surface area contributed by atoms with Crippen LogP contribution in [0.4, 0.5) is 5.69 Å². The zero-order chi connectivity index (χ0) is 31.0. The fraction of sp³-hybridized carbons (Fsp3) is 0.281. The van der Waals surface area contributed by atoms with E-state index < -0.39 is 0 Å². The molecule has 0 aliphatic heterocycles. The highest BCUT2D eigenvalue weighted by Crippen LogP contribution is 2.48. The maximum Gasteiger partial charge on any atom is 0.212 e. The number of nitrogens with zero attached hydrogens (tertiary/aromatic N) is 7. The highest BCUT2D eigenvalue weighted by molar-refractivity contribution is 5.98. The summed E-state index contributed by atoms with van der Waals surface area (Å²) in [5, 5.41) is 5.55. The monoisotopic (exact) mass is 591 g/mol. The molecule has 2 fully saturated rings. The van der Waals surface area contributed by atoms with Gasteiger partial charge < -0.3 is 32.2 Å². The molecule has 0 bridgehead atoms. The Hall–Kier alpha value is -5.39. The van der Waals surface area contributed by atoms with Gasteiger partial charge in [-0.25, -0.2) is 15.0 Å². The smallest absolute Gasteiger partial charge is 0.212 e. The zero-order valence-corrected chi connectivity index (χ0v) is 25.1. The van der Waals surface area contributed by atoms with E-state index >= 15 is 0 Å². The van der Waals surface area contributed by atoms with E-state index in [1.165, 1.54) is 31.4 Å². The SMILES string of the molecule is CO/C(N)=C(/C=N/C(/C=C\N)=C/N)N=Cc1c(N)cccc1-c1nc(-c2cc3cn(C)nc3nc2C2CC2)n(C)c1C1CC1. The average molecular weight is 592 g/mol. The number of fused-ring (bicyclic) bond motifs is 1. The first-order valence-corrected chi connectivity index (χ1v) is 14.5. The molecule has 0 spiro atoms. The van der Waals surface area contributed by atoms with Crippen molar-refractivity contribution >= 4 is 29.1 Å². The van der Waals surface area contributed by atoms with Gasteiger partial charge in [-0.05, 0) is 50.1 Å². The molecular formula is C32H37N11O. The van der Waals surface area contributed by atoms with Crippen molar-refractivity contribution < 1.29 is 4.74 Å². The summed E-state index contributed by atoms with van der Waals surface area (Å²) in [6.07, 6.45) is 13.8. The predicted octanol–water partition coefficient (Wildman–Crippen LogP) is 3.91. The summed E-state index contributed by atoms with van der Waals surface area (Å²) in [5.41, 5.74) is 31.6. The van der Waals surface area contributed by atoms with E-state index in [0.29, 0.717) is 34.5 Å². The molecule has 2 aliphatic carbocycles. The van der Waals surface area contributed by atoms with Gasteiger partial charge in [0.1, 0.15) is 11.5 Å². The second kappa shape index (κ2) is 11.7. The van der Waals surface area contributed by atoms with Gasteiger partial charge in [-0.3, -0.25) is 9.67 Å². The van der Waals surface area contributed by atoms with Crippen LogP contribution in [0.5, 0.6) is 0 Å². The first-order chi connectivity index (χ1) is 21.3. The molecule has 0 unspecified atom stereocenters. The summed E-state index contributed by atoms with van der Waals surface area (Å²) < 4.78 is 9.30. The number of benzene rings is 1. The van der Waals surface area contributed by atoms with Crippen molar-refractivity contribution in [2.45, 2.75) is 37.5 Å². The molecule has 44 heavy (non-hydrogen) atoms. The third kappa shape index (κ3) is 5.53. The lowest BCUT2D eigenvalue weighted by molar-refractivity contribution is 0.284. The van der Waals surface area contributed by atoms with Crippen molar-refractivity contribution in [3.8, 4) is 22.6 Å². The minimum Gasteiger partial charge on any atom is -0.481 e. The van der Waals surface area contributed by atoms with Gasteiger partial charge in [-0.1, -0.05) is 12.1 Å². The van der Waals surface area contributed by atoms with Gasteiger partial charge in [0.2, 0.25) is 5.88 Å². The van der Waals surface area contributed by atoms with E-state index in [9.17, 15) is 0 Å². The van der Waals surface area contributed by atoms with Crippen LogP contribution in [0.15, 0.2) is 76.2 Å². The standard InChI is InChI=1S/C32H37N11O/c1-42-17-20-13-23(27(18-7-8-18)39-31(20)41-42)32-40-28(29(43(32)2)19-9-10-19)22-5-4-6-25(35)24(22)15-38-26(30(36)44-3)16-37-21(14-34)11-12-33/h4-6,11-19H,7-10,33-36H2,1-3H3/b12-11-,21-14+,30-26-,37-16+,38-15?. The Morgan fingerprint density at radius 3 is 2.50 bits per heavy atom. The van der Waals surface area contributed by atoms with Crippen LogP contribution in [0.1, 0.15) is 54.5 Å². The minimum atomic E-state index is 0.0823. The second-order valence-corrected chi connectivity index (χ2v) is 11.1. The maximum atomic E-state index is 6.57. The topological polar surface area (TPSA) is 187 Å². The summed E-state index contributed by atoms with van der Waals surface area (Å²) >= 11 is 0. The van der Waals surface area contributed by atoms with E-state index in [4.69, 9.17) is 37.6 Å². The van der Waals surface area contributed by atoms with E-state index in [1.54, 1.807) is 12.3 Å². The Morgan fingerprint density at radius 1 is 1.05 bits per heavy atom.